The number of nitrogens with zero attached hydrogens (tertiary/aromatic N) is 3. The number of ether oxygens (including phenoxy) is 2. The number of anilines is 1. The summed E-state index contributed by atoms with van der Waals surface area (Å²) in [6.45, 7) is 4.85. The van der Waals surface area contributed by atoms with Gasteiger partial charge in [-0.1, -0.05) is 36.1 Å². The first-order chi connectivity index (χ1) is 15.9. The highest BCUT2D eigenvalue weighted by Gasteiger charge is 2.31. The molecule has 3 aromatic rings. The fourth-order valence-electron chi connectivity index (χ4n) is 3.66. The lowest BCUT2D eigenvalue weighted by Crippen LogP contribution is -2.27. The van der Waals surface area contributed by atoms with E-state index in [0.29, 0.717) is 50.8 Å². The molecule has 4 heterocycles. The van der Waals surface area contributed by atoms with Crippen LogP contribution >= 0.6 is 24.0 Å². The van der Waals surface area contributed by atoms with Crippen molar-refractivity contribution in [3.8, 4) is 11.5 Å². The number of likely N-dealkylation sites (N-methyl/N-ethyl adjacent to an activating group) is 1. The van der Waals surface area contributed by atoms with E-state index in [0.717, 1.165) is 11.1 Å². The van der Waals surface area contributed by atoms with Gasteiger partial charge in [-0.05, 0) is 49.2 Å². The van der Waals surface area contributed by atoms with Gasteiger partial charge >= 0.3 is 0 Å². The van der Waals surface area contributed by atoms with Gasteiger partial charge in [-0.2, -0.15) is 0 Å². The number of carbonyl (C=O) groups is 1. The number of thioether (sulfide) groups is 1. The number of thiocarbonyl (C=S) groups is 1. The van der Waals surface area contributed by atoms with Crippen LogP contribution in [0.3, 0.4) is 0 Å². The molecule has 0 saturated carbocycles. The Morgan fingerprint density at radius 3 is 2.82 bits per heavy atom. The van der Waals surface area contributed by atoms with E-state index in [2.05, 4.69) is 10.3 Å². The maximum Gasteiger partial charge on any atom is 0.267 e. The van der Waals surface area contributed by atoms with Crippen molar-refractivity contribution >= 4 is 51.7 Å². The van der Waals surface area contributed by atoms with Crippen molar-refractivity contribution in [3.05, 3.63) is 68.5 Å². The summed E-state index contributed by atoms with van der Waals surface area (Å²) in [7, 11) is 0. The highest BCUT2D eigenvalue weighted by molar-refractivity contribution is 8.26. The number of aryl methyl sites for hydroxylation is 1. The molecule has 1 aromatic carbocycles. The normalized spacial score (nSPS) is 16.3. The monoisotopic (exact) mass is 480 g/mol. The first-order valence-corrected chi connectivity index (χ1v) is 11.6. The molecule has 0 unspecified atom stereocenters. The van der Waals surface area contributed by atoms with E-state index in [-0.39, 0.29) is 18.3 Å². The molecule has 0 aliphatic carbocycles. The Morgan fingerprint density at radius 1 is 1.21 bits per heavy atom. The van der Waals surface area contributed by atoms with Gasteiger partial charge in [-0.25, -0.2) is 4.98 Å². The molecule has 168 valence electrons. The Balaban J connectivity index is 1.56. The van der Waals surface area contributed by atoms with Gasteiger partial charge in [-0.3, -0.25) is 18.9 Å². The number of amides is 1. The van der Waals surface area contributed by atoms with Gasteiger partial charge in [0.15, 0.2) is 11.5 Å². The third kappa shape index (κ3) is 3.96. The number of rotatable bonds is 5. The van der Waals surface area contributed by atoms with E-state index in [1.807, 2.05) is 38.1 Å². The van der Waals surface area contributed by atoms with E-state index in [1.165, 1.54) is 21.1 Å². The maximum absolute atomic E-state index is 13.4. The highest BCUT2D eigenvalue weighted by atomic mass is 32.2. The minimum Gasteiger partial charge on any atom is -0.454 e. The maximum atomic E-state index is 13.4. The minimum absolute atomic E-state index is 0.203. The topological polar surface area (TPSA) is 85.2 Å². The number of fused-ring (bicyclic) bond motifs is 2. The van der Waals surface area contributed by atoms with E-state index in [4.69, 9.17) is 21.7 Å². The SMILES string of the molecule is CCN1C(=O)C(=Cc2c(NCc3ccc4c(c3)OCO4)nc3ccc(C)cn3c2=O)SC1=S. The minimum atomic E-state index is -0.265. The van der Waals surface area contributed by atoms with E-state index in [9.17, 15) is 9.59 Å². The lowest BCUT2D eigenvalue weighted by molar-refractivity contribution is -0.121. The molecule has 0 bridgehead atoms. The van der Waals surface area contributed by atoms with Crippen LogP contribution in [0.1, 0.15) is 23.6 Å². The molecule has 2 aromatic heterocycles. The first-order valence-electron chi connectivity index (χ1n) is 10.4. The van der Waals surface area contributed by atoms with Gasteiger partial charge in [-0.15, -0.1) is 0 Å². The largest absolute Gasteiger partial charge is 0.454 e. The van der Waals surface area contributed by atoms with Gasteiger partial charge in [0, 0.05) is 19.3 Å². The number of aromatic nitrogens is 2. The predicted molar refractivity (Wildman–Crippen MR) is 132 cm³/mol. The Morgan fingerprint density at radius 2 is 2.03 bits per heavy atom. The summed E-state index contributed by atoms with van der Waals surface area (Å²) >= 11 is 6.50. The van der Waals surface area contributed by atoms with Crippen LogP contribution in [0.4, 0.5) is 5.82 Å². The molecule has 33 heavy (non-hydrogen) atoms. The smallest absolute Gasteiger partial charge is 0.267 e. The number of nitrogens with one attached hydrogen (secondary N) is 1. The molecule has 5 rings (SSSR count). The second-order valence-electron chi connectivity index (χ2n) is 7.58. The zero-order valence-electron chi connectivity index (χ0n) is 18.0. The van der Waals surface area contributed by atoms with E-state index < -0.39 is 0 Å². The number of pyridine rings is 1. The summed E-state index contributed by atoms with van der Waals surface area (Å²) in [6.07, 6.45) is 3.32. The number of benzene rings is 1. The zero-order valence-corrected chi connectivity index (χ0v) is 19.6. The molecule has 0 spiro atoms. The fraction of sp³-hybridized carbons (Fsp3) is 0.217. The van der Waals surface area contributed by atoms with Crippen molar-refractivity contribution in [1.82, 2.24) is 14.3 Å². The van der Waals surface area contributed by atoms with Crippen molar-refractivity contribution in [2.45, 2.75) is 20.4 Å². The standard InChI is InChI=1S/C23H20N4O4S2/c1-3-26-22(29)18(33-23(26)32)9-15-20(25-19-7-4-13(2)11-27(19)21(15)28)24-10-14-5-6-16-17(8-14)31-12-30-16/h4-9,11,24H,3,10,12H2,1-2H3. The average molecular weight is 481 g/mol. The molecule has 10 heteroatoms. The van der Waals surface area contributed by atoms with Crippen LogP contribution in [-0.4, -0.2) is 37.8 Å². The van der Waals surface area contributed by atoms with Crippen molar-refractivity contribution in [2.75, 3.05) is 18.7 Å². The first kappa shape index (κ1) is 21.5. The number of carbonyl (C=O) groups excluding carboxylic acids is 1. The fourth-order valence-corrected chi connectivity index (χ4v) is 5.03. The van der Waals surface area contributed by atoms with Crippen molar-refractivity contribution in [3.63, 3.8) is 0 Å². The Bertz CT molecular complexity index is 1400. The summed E-state index contributed by atoms with van der Waals surface area (Å²) in [4.78, 5) is 32.8. The molecule has 0 atom stereocenters. The molecule has 8 nitrogen and oxygen atoms in total. The van der Waals surface area contributed by atoms with Crippen LogP contribution in [0.5, 0.6) is 11.5 Å². The zero-order chi connectivity index (χ0) is 23.1. The number of hydrogen-bond acceptors (Lipinski definition) is 8. The molecule has 1 fully saturated rings. The number of hydrogen-bond donors (Lipinski definition) is 1. The van der Waals surface area contributed by atoms with Crippen LogP contribution in [0.15, 0.2) is 46.2 Å². The third-order valence-corrected chi connectivity index (χ3v) is 6.75. The van der Waals surface area contributed by atoms with Crippen LogP contribution in [0, 0.1) is 6.92 Å². The lowest BCUT2D eigenvalue weighted by Gasteiger charge is -2.12. The molecule has 1 N–H and O–H groups in total. The highest BCUT2D eigenvalue weighted by Crippen LogP contribution is 2.34. The molecule has 1 amide bonds. The summed E-state index contributed by atoms with van der Waals surface area (Å²) < 4.78 is 12.8. The van der Waals surface area contributed by atoms with Gasteiger partial charge < -0.3 is 14.8 Å². The van der Waals surface area contributed by atoms with Crippen LogP contribution in [-0.2, 0) is 11.3 Å². The van der Waals surface area contributed by atoms with Gasteiger partial charge in [0.25, 0.3) is 11.5 Å². The van der Waals surface area contributed by atoms with Gasteiger partial charge in [0.2, 0.25) is 6.79 Å². The summed E-state index contributed by atoms with van der Waals surface area (Å²) in [5.41, 5.74) is 2.41. The van der Waals surface area contributed by atoms with E-state index in [1.54, 1.807) is 18.3 Å². The van der Waals surface area contributed by atoms with Crippen LogP contribution < -0.4 is 20.3 Å². The Kier molecular flexibility index (Phi) is 5.55. The molecule has 0 radical (unpaired) electrons. The lowest BCUT2D eigenvalue weighted by atomic mass is 10.2. The molecule has 2 aliphatic rings. The second kappa shape index (κ2) is 8.53. The summed E-state index contributed by atoms with van der Waals surface area (Å²) in [5, 5.41) is 3.26. The summed E-state index contributed by atoms with van der Waals surface area (Å²) in [6, 6.07) is 9.35. The van der Waals surface area contributed by atoms with Crippen molar-refractivity contribution in [2.24, 2.45) is 0 Å². The average Bonchev–Trinajstić information content (AvgIpc) is 3.38. The molecular formula is C23H20N4O4S2. The van der Waals surface area contributed by atoms with Crippen LogP contribution in [0.25, 0.3) is 11.7 Å². The van der Waals surface area contributed by atoms with Gasteiger partial charge in [0.05, 0.1) is 10.5 Å². The van der Waals surface area contributed by atoms with E-state index >= 15 is 0 Å². The summed E-state index contributed by atoms with van der Waals surface area (Å²) in [5.74, 6) is 1.57. The molecule has 1 saturated heterocycles. The third-order valence-electron chi connectivity index (χ3n) is 5.37. The second-order valence-corrected chi connectivity index (χ2v) is 9.26. The van der Waals surface area contributed by atoms with Crippen LogP contribution in [0.2, 0.25) is 0 Å². The Hall–Kier alpha value is -3.37. The van der Waals surface area contributed by atoms with Crippen molar-refractivity contribution in [1.29, 1.82) is 0 Å². The Labute approximate surface area is 199 Å². The molecule has 2 aliphatic heterocycles. The van der Waals surface area contributed by atoms with Crippen molar-refractivity contribution < 1.29 is 14.3 Å². The predicted octanol–water partition coefficient (Wildman–Crippen LogP) is 3.56. The van der Waals surface area contributed by atoms with Gasteiger partial charge in [0.1, 0.15) is 15.8 Å². The quantitative estimate of drug-likeness (QED) is 0.438. The molecular weight excluding hydrogens is 460 g/mol.